The maximum absolute atomic E-state index is 13.0. The number of pyridine rings is 1. The zero-order chi connectivity index (χ0) is 20.3. The fourth-order valence-corrected chi connectivity index (χ4v) is 3.22. The van der Waals surface area contributed by atoms with Crippen molar-refractivity contribution in [1.82, 2.24) is 20.4 Å². The van der Waals surface area contributed by atoms with Crippen LogP contribution in [0.3, 0.4) is 0 Å². The van der Waals surface area contributed by atoms with Crippen molar-refractivity contribution in [1.29, 1.82) is 0 Å². The molecule has 1 N–H and O–H groups in total. The second-order valence-electron chi connectivity index (χ2n) is 7.71. The Labute approximate surface area is 165 Å². The fourth-order valence-electron chi connectivity index (χ4n) is 3.22. The zero-order valence-corrected chi connectivity index (χ0v) is 17.2. The van der Waals surface area contributed by atoms with E-state index < -0.39 is 0 Å². The number of benzene rings is 1. The smallest absolute Gasteiger partial charge is 0.259 e. The van der Waals surface area contributed by atoms with Crippen LogP contribution >= 0.6 is 0 Å². The fraction of sp³-hybridized carbons (Fsp3) is 0.409. The monoisotopic (exact) mass is 380 g/mol. The summed E-state index contributed by atoms with van der Waals surface area (Å²) in [5, 5.41) is 7.78. The summed E-state index contributed by atoms with van der Waals surface area (Å²) in [4.78, 5) is 19.7. The number of carbonyl (C=O) groups is 1. The van der Waals surface area contributed by atoms with Gasteiger partial charge in [0.25, 0.3) is 11.6 Å². The molecular formula is C22H28N4O2. The first-order chi connectivity index (χ1) is 13.4. The first kappa shape index (κ1) is 20.0. The van der Waals surface area contributed by atoms with Gasteiger partial charge in [-0.3, -0.25) is 4.79 Å². The molecule has 0 spiro atoms. The van der Waals surface area contributed by atoms with Gasteiger partial charge >= 0.3 is 0 Å². The highest BCUT2D eigenvalue weighted by atomic mass is 16.5. The van der Waals surface area contributed by atoms with Crippen LogP contribution in [0.5, 0.6) is 0 Å². The van der Waals surface area contributed by atoms with Crippen molar-refractivity contribution in [3.63, 3.8) is 0 Å². The molecule has 1 unspecified atom stereocenters. The first-order valence-electron chi connectivity index (χ1n) is 9.62. The maximum atomic E-state index is 13.0. The van der Waals surface area contributed by atoms with E-state index in [9.17, 15) is 4.79 Å². The number of amides is 1. The third-order valence-electron chi connectivity index (χ3n) is 5.02. The van der Waals surface area contributed by atoms with E-state index >= 15 is 0 Å². The summed E-state index contributed by atoms with van der Waals surface area (Å²) in [7, 11) is 4.07. The minimum atomic E-state index is -0.125. The molecule has 0 fully saturated rings. The van der Waals surface area contributed by atoms with E-state index in [0.29, 0.717) is 28.9 Å². The molecule has 0 radical (unpaired) electrons. The number of nitrogens with zero attached hydrogens (tertiary/aromatic N) is 3. The van der Waals surface area contributed by atoms with Crippen LogP contribution < -0.4 is 5.32 Å². The van der Waals surface area contributed by atoms with E-state index in [1.54, 1.807) is 0 Å². The van der Waals surface area contributed by atoms with Crippen LogP contribution in [0.1, 0.15) is 47.1 Å². The minimum absolute atomic E-state index is 0.125. The Morgan fingerprint density at radius 2 is 1.93 bits per heavy atom. The van der Waals surface area contributed by atoms with Crippen molar-refractivity contribution in [2.24, 2.45) is 0 Å². The molecule has 2 aromatic heterocycles. The van der Waals surface area contributed by atoms with E-state index in [-0.39, 0.29) is 17.9 Å². The van der Waals surface area contributed by atoms with Crippen LogP contribution in [0, 0.1) is 6.92 Å². The molecule has 1 atom stereocenters. The summed E-state index contributed by atoms with van der Waals surface area (Å²) in [6, 6.07) is 12.4. The van der Waals surface area contributed by atoms with E-state index in [2.05, 4.69) is 32.5 Å². The van der Waals surface area contributed by atoms with Gasteiger partial charge in [0.05, 0.1) is 16.6 Å². The van der Waals surface area contributed by atoms with E-state index in [1.165, 1.54) is 5.56 Å². The molecule has 148 valence electrons. The van der Waals surface area contributed by atoms with Gasteiger partial charge in [0, 0.05) is 18.3 Å². The second-order valence-corrected chi connectivity index (χ2v) is 7.71. The molecule has 6 heteroatoms. The standard InChI is InChI=1S/C22H28N4O2/c1-14(2)19-12-18(20-15(3)25-28-22(20)24-19)21(27)23-13-17(26(4)5)11-16-9-7-6-8-10-16/h6-10,12,14,17H,11,13H2,1-5H3,(H,23,27). The summed E-state index contributed by atoms with van der Waals surface area (Å²) in [6.45, 7) is 6.46. The van der Waals surface area contributed by atoms with Crippen LogP contribution in [0.15, 0.2) is 40.9 Å². The number of fused-ring (bicyclic) bond motifs is 1. The Bertz CT molecular complexity index is 948. The molecule has 3 aromatic rings. The number of carbonyl (C=O) groups excluding carboxylic acids is 1. The Morgan fingerprint density at radius 3 is 2.57 bits per heavy atom. The Kier molecular flexibility index (Phi) is 6.09. The SMILES string of the molecule is Cc1noc2nc(C(C)C)cc(C(=O)NCC(Cc3ccccc3)N(C)C)c12. The van der Waals surface area contributed by atoms with E-state index in [0.717, 1.165) is 12.1 Å². The van der Waals surface area contributed by atoms with Crippen LogP contribution in [0.2, 0.25) is 0 Å². The zero-order valence-electron chi connectivity index (χ0n) is 17.2. The number of hydrogen-bond acceptors (Lipinski definition) is 5. The summed E-state index contributed by atoms with van der Waals surface area (Å²) >= 11 is 0. The molecule has 0 aliphatic carbocycles. The molecule has 0 saturated heterocycles. The molecule has 28 heavy (non-hydrogen) atoms. The van der Waals surface area contributed by atoms with Crippen LogP contribution in [0.25, 0.3) is 11.1 Å². The van der Waals surface area contributed by atoms with Gasteiger partial charge < -0.3 is 14.7 Å². The van der Waals surface area contributed by atoms with Crippen LogP contribution in [0.4, 0.5) is 0 Å². The topological polar surface area (TPSA) is 71.3 Å². The lowest BCUT2D eigenvalue weighted by atomic mass is 10.0. The molecule has 0 aliphatic heterocycles. The molecular weight excluding hydrogens is 352 g/mol. The normalized spacial score (nSPS) is 12.7. The highest BCUT2D eigenvalue weighted by molar-refractivity contribution is 6.06. The van der Waals surface area contributed by atoms with Gasteiger partial charge in [0.1, 0.15) is 0 Å². The number of rotatable bonds is 7. The average molecular weight is 380 g/mol. The molecule has 0 saturated carbocycles. The highest BCUT2D eigenvalue weighted by Crippen LogP contribution is 2.25. The summed E-state index contributed by atoms with van der Waals surface area (Å²) in [5.74, 6) is 0.0643. The van der Waals surface area contributed by atoms with Gasteiger partial charge in [-0.25, -0.2) is 4.98 Å². The van der Waals surface area contributed by atoms with Gasteiger partial charge in [-0.2, -0.15) is 0 Å². The number of aryl methyl sites for hydroxylation is 1. The number of nitrogens with one attached hydrogen (secondary N) is 1. The van der Waals surface area contributed by atoms with Gasteiger partial charge in [-0.15, -0.1) is 0 Å². The molecule has 1 amide bonds. The molecule has 3 rings (SSSR count). The largest absolute Gasteiger partial charge is 0.350 e. The number of hydrogen-bond donors (Lipinski definition) is 1. The number of aromatic nitrogens is 2. The quantitative estimate of drug-likeness (QED) is 0.679. The maximum Gasteiger partial charge on any atom is 0.259 e. The Hall–Kier alpha value is -2.73. The van der Waals surface area contributed by atoms with Crippen LogP contribution in [-0.2, 0) is 6.42 Å². The first-order valence-corrected chi connectivity index (χ1v) is 9.62. The van der Waals surface area contributed by atoms with Gasteiger partial charge in [-0.05, 0) is 45.0 Å². The lowest BCUT2D eigenvalue weighted by Crippen LogP contribution is -2.41. The Balaban J connectivity index is 1.81. The van der Waals surface area contributed by atoms with Crippen molar-refractivity contribution >= 4 is 17.0 Å². The van der Waals surface area contributed by atoms with Crippen molar-refractivity contribution in [3.8, 4) is 0 Å². The van der Waals surface area contributed by atoms with E-state index in [1.807, 2.05) is 59.1 Å². The molecule has 2 heterocycles. The lowest BCUT2D eigenvalue weighted by molar-refractivity contribution is 0.0943. The van der Waals surface area contributed by atoms with Gasteiger partial charge in [0.2, 0.25) is 0 Å². The summed E-state index contributed by atoms with van der Waals surface area (Å²) < 4.78 is 5.32. The van der Waals surface area contributed by atoms with Crippen molar-refractivity contribution in [2.75, 3.05) is 20.6 Å². The molecule has 0 bridgehead atoms. The summed E-state index contributed by atoms with van der Waals surface area (Å²) in [6.07, 6.45) is 0.864. The van der Waals surface area contributed by atoms with Gasteiger partial charge in [0.15, 0.2) is 0 Å². The predicted octanol–water partition coefficient (Wildman–Crippen LogP) is 3.56. The third kappa shape index (κ3) is 4.39. The van der Waals surface area contributed by atoms with Gasteiger partial charge in [-0.1, -0.05) is 49.3 Å². The van der Waals surface area contributed by atoms with Crippen molar-refractivity contribution < 1.29 is 9.32 Å². The van der Waals surface area contributed by atoms with Crippen LogP contribution in [-0.4, -0.2) is 47.6 Å². The average Bonchev–Trinajstić information content (AvgIpc) is 3.05. The lowest BCUT2D eigenvalue weighted by Gasteiger charge is -2.25. The number of likely N-dealkylation sites (N-methyl/N-ethyl adjacent to an activating group) is 1. The second kappa shape index (κ2) is 8.52. The van der Waals surface area contributed by atoms with Crippen molar-refractivity contribution in [2.45, 2.75) is 39.2 Å². The highest BCUT2D eigenvalue weighted by Gasteiger charge is 2.21. The van der Waals surface area contributed by atoms with E-state index in [4.69, 9.17) is 4.52 Å². The molecule has 0 aliphatic rings. The predicted molar refractivity (Wildman–Crippen MR) is 111 cm³/mol. The minimum Gasteiger partial charge on any atom is -0.350 e. The summed E-state index contributed by atoms with van der Waals surface area (Å²) in [5.41, 5.74) is 3.74. The molecule has 6 nitrogen and oxygen atoms in total. The molecule has 1 aromatic carbocycles. The third-order valence-corrected chi connectivity index (χ3v) is 5.02. The Morgan fingerprint density at radius 1 is 1.21 bits per heavy atom. The van der Waals surface area contributed by atoms with Crippen molar-refractivity contribution in [3.05, 3.63) is 58.9 Å².